The molecule has 0 aliphatic rings. The van der Waals surface area contributed by atoms with E-state index in [1.807, 2.05) is 39.0 Å². The molecule has 2 aromatic carbocycles. The van der Waals surface area contributed by atoms with Gasteiger partial charge in [0.05, 0.1) is 22.9 Å². The summed E-state index contributed by atoms with van der Waals surface area (Å²) < 4.78 is 26.4. The van der Waals surface area contributed by atoms with Crippen LogP contribution in [0.4, 0.5) is 11.4 Å². The third kappa shape index (κ3) is 5.61. The minimum absolute atomic E-state index is 0.123. The molecule has 2 atom stereocenters. The van der Waals surface area contributed by atoms with E-state index in [4.69, 9.17) is 0 Å². The highest BCUT2D eigenvalue weighted by atomic mass is 32.2. The highest BCUT2D eigenvalue weighted by molar-refractivity contribution is 7.92. The Morgan fingerprint density at radius 1 is 1.13 bits per heavy atom. The monoisotopic (exact) mass is 447 g/mol. The Morgan fingerprint density at radius 2 is 1.74 bits per heavy atom. The Morgan fingerprint density at radius 3 is 2.29 bits per heavy atom. The first-order valence-electron chi connectivity index (χ1n) is 9.98. The number of nitro benzene ring substituents is 1. The smallest absolute Gasteiger partial charge is 0.271 e. The van der Waals surface area contributed by atoms with Gasteiger partial charge in [0.2, 0.25) is 15.9 Å². The van der Waals surface area contributed by atoms with E-state index in [0.29, 0.717) is 5.56 Å². The molecular formula is C22H29N3O5S. The normalized spacial score (nSPS) is 13.4. The molecule has 9 heteroatoms. The molecule has 31 heavy (non-hydrogen) atoms. The third-order valence-electron chi connectivity index (χ3n) is 5.23. The van der Waals surface area contributed by atoms with E-state index in [-0.39, 0.29) is 23.8 Å². The van der Waals surface area contributed by atoms with Crippen LogP contribution in [0, 0.1) is 30.9 Å². The quantitative estimate of drug-likeness (QED) is 0.487. The van der Waals surface area contributed by atoms with Crippen molar-refractivity contribution in [1.29, 1.82) is 0 Å². The molecule has 0 saturated carbocycles. The first-order chi connectivity index (χ1) is 14.4. The molecule has 168 valence electrons. The molecule has 0 aliphatic heterocycles. The Bertz CT molecular complexity index is 1100. The van der Waals surface area contributed by atoms with Crippen molar-refractivity contribution in [1.82, 2.24) is 5.32 Å². The number of sulfonamides is 1. The molecule has 0 bridgehead atoms. The SMILES string of the molecule is CC[C@H](C(=O)N[C@H](C)c1cc(C)ccc1C)N(c1cc([N+](=O)[O-])ccc1C)S(C)(=O)=O. The van der Waals surface area contributed by atoms with Crippen LogP contribution in [-0.4, -0.2) is 31.5 Å². The molecule has 2 rings (SSSR count). The van der Waals surface area contributed by atoms with Crippen molar-refractivity contribution in [2.24, 2.45) is 0 Å². The summed E-state index contributed by atoms with van der Waals surface area (Å²) in [5.74, 6) is -0.466. The Balaban J connectivity index is 2.46. The zero-order chi connectivity index (χ0) is 23.5. The van der Waals surface area contributed by atoms with Crippen LogP contribution in [-0.2, 0) is 14.8 Å². The standard InChI is InChI=1S/C22H29N3O5S/c1-7-20(22(26)23-17(5)19-12-14(2)8-9-15(19)3)24(31(6,29)30)21-13-18(25(27)28)11-10-16(21)4/h8-13,17,20H,7H2,1-6H3,(H,23,26)/t17-,20-/m1/s1. The lowest BCUT2D eigenvalue weighted by Crippen LogP contribution is -2.50. The average molecular weight is 448 g/mol. The average Bonchev–Trinajstić information content (AvgIpc) is 2.67. The number of nitro groups is 1. The molecular weight excluding hydrogens is 418 g/mol. The van der Waals surface area contributed by atoms with Gasteiger partial charge in [0.15, 0.2) is 0 Å². The van der Waals surface area contributed by atoms with Gasteiger partial charge in [-0.2, -0.15) is 0 Å². The third-order valence-corrected chi connectivity index (χ3v) is 6.40. The first kappa shape index (κ1) is 24.3. The van der Waals surface area contributed by atoms with E-state index in [1.165, 1.54) is 18.2 Å². The first-order valence-corrected chi connectivity index (χ1v) is 11.8. The van der Waals surface area contributed by atoms with Crippen molar-refractivity contribution in [3.8, 4) is 0 Å². The summed E-state index contributed by atoms with van der Waals surface area (Å²) in [6.07, 6.45) is 1.19. The van der Waals surface area contributed by atoms with Gasteiger partial charge in [-0.3, -0.25) is 19.2 Å². The van der Waals surface area contributed by atoms with Gasteiger partial charge in [-0.25, -0.2) is 8.42 Å². The molecule has 0 aromatic heterocycles. The van der Waals surface area contributed by atoms with Gasteiger partial charge in [0.1, 0.15) is 6.04 Å². The summed E-state index contributed by atoms with van der Waals surface area (Å²) in [5, 5.41) is 14.1. The van der Waals surface area contributed by atoms with Gasteiger partial charge in [-0.05, 0) is 50.8 Å². The van der Waals surface area contributed by atoms with Gasteiger partial charge in [-0.15, -0.1) is 0 Å². The second-order valence-corrected chi connectivity index (χ2v) is 9.66. The molecule has 0 aliphatic carbocycles. The number of benzene rings is 2. The predicted molar refractivity (Wildman–Crippen MR) is 122 cm³/mol. The van der Waals surface area contributed by atoms with Crippen LogP contribution < -0.4 is 9.62 Å². The fourth-order valence-electron chi connectivity index (χ4n) is 3.60. The van der Waals surface area contributed by atoms with Gasteiger partial charge in [0.25, 0.3) is 5.69 Å². The minimum atomic E-state index is -3.90. The molecule has 0 fully saturated rings. The number of carbonyl (C=O) groups excluding carboxylic acids is 1. The largest absolute Gasteiger partial charge is 0.348 e. The summed E-state index contributed by atoms with van der Waals surface area (Å²) in [5.41, 5.74) is 3.41. The number of hydrogen-bond donors (Lipinski definition) is 1. The summed E-state index contributed by atoms with van der Waals surface area (Å²) in [4.78, 5) is 23.8. The molecule has 0 saturated heterocycles. The highest BCUT2D eigenvalue weighted by Crippen LogP contribution is 2.30. The van der Waals surface area contributed by atoms with Crippen molar-refractivity contribution in [3.05, 3.63) is 68.8 Å². The summed E-state index contributed by atoms with van der Waals surface area (Å²) in [6, 6.07) is 8.54. The van der Waals surface area contributed by atoms with Crippen molar-refractivity contribution in [3.63, 3.8) is 0 Å². The molecule has 2 aromatic rings. The van der Waals surface area contributed by atoms with Crippen molar-refractivity contribution < 1.29 is 18.1 Å². The lowest BCUT2D eigenvalue weighted by Gasteiger charge is -2.32. The summed E-state index contributed by atoms with van der Waals surface area (Å²) in [7, 11) is -3.90. The maximum atomic E-state index is 13.2. The van der Waals surface area contributed by atoms with Crippen LogP contribution in [0.15, 0.2) is 36.4 Å². The molecule has 1 amide bonds. The number of anilines is 1. The van der Waals surface area contributed by atoms with Crippen LogP contribution >= 0.6 is 0 Å². The van der Waals surface area contributed by atoms with Crippen LogP contribution in [0.1, 0.15) is 48.6 Å². The number of nitrogens with one attached hydrogen (secondary N) is 1. The number of carbonyl (C=O) groups is 1. The van der Waals surface area contributed by atoms with Crippen molar-refractivity contribution in [2.45, 2.75) is 53.1 Å². The number of hydrogen-bond acceptors (Lipinski definition) is 5. The van der Waals surface area contributed by atoms with E-state index in [0.717, 1.165) is 27.3 Å². The molecule has 8 nitrogen and oxygen atoms in total. The summed E-state index contributed by atoms with van der Waals surface area (Å²) in [6.45, 7) is 9.11. The molecule has 0 spiro atoms. The van der Waals surface area contributed by atoms with Gasteiger partial charge in [0, 0.05) is 12.1 Å². The number of aryl methyl sites for hydroxylation is 3. The van der Waals surface area contributed by atoms with Crippen LogP contribution in [0.2, 0.25) is 0 Å². The molecule has 0 radical (unpaired) electrons. The lowest BCUT2D eigenvalue weighted by atomic mass is 9.99. The van der Waals surface area contributed by atoms with E-state index in [9.17, 15) is 23.3 Å². The maximum absolute atomic E-state index is 13.2. The van der Waals surface area contributed by atoms with E-state index >= 15 is 0 Å². The van der Waals surface area contributed by atoms with Crippen molar-refractivity contribution >= 4 is 27.3 Å². The van der Waals surface area contributed by atoms with E-state index in [1.54, 1.807) is 13.8 Å². The lowest BCUT2D eigenvalue weighted by molar-refractivity contribution is -0.384. The Hall–Kier alpha value is -2.94. The van der Waals surface area contributed by atoms with E-state index in [2.05, 4.69) is 5.32 Å². The van der Waals surface area contributed by atoms with Crippen LogP contribution in [0.3, 0.4) is 0 Å². The Kier molecular flexibility index (Phi) is 7.43. The number of amides is 1. The zero-order valence-corrected chi connectivity index (χ0v) is 19.5. The number of rotatable bonds is 8. The second-order valence-electron chi connectivity index (χ2n) is 7.80. The number of nitrogens with zero attached hydrogens (tertiary/aromatic N) is 2. The Labute approximate surface area is 183 Å². The molecule has 0 unspecified atom stereocenters. The van der Waals surface area contributed by atoms with Crippen molar-refractivity contribution in [2.75, 3.05) is 10.6 Å². The second kappa shape index (κ2) is 9.47. The zero-order valence-electron chi connectivity index (χ0n) is 18.7. The van der Waals surface area contributed by atoms with Gasteiger partial charge in [-0.1, -0.05) is 36.8 Å². The fourth-order valence-corrected chi connectivity index (χ4v) is 4.86. The van der Waals surface area contributed by atoms with E-state index < -0.39 is 26.9 Å². The maximum Gasteiger partial charge on any atom is 0.271 e. The molecule has 1 N–H and O–H groups in total. The van der Waals surface area contributed by atoms with Gasteiger partial charge < -0.3 is 5.32 Å². The number of non-ortho nitro benzene ring substituents is 1. The highest BCUT2D eigenvalue weighted by Gasteiger charge is 2.34. The topological polar surface area (TPSA) is 110 Å². The van der Waals surface area contributed by atoms with Crippen LogP contribution in [0.5, 0.6) is 0 Å². The summed E-state index contributed by atoms with van der Waals surface area (Å²) >= 11 is 0. The fraction of sp³-hybridized carbons (Fsp3) is 0.409. The van der Waals surface area contributed by atoms with Gasteiger partial charge >= 0.3 is 0 Å². The predicted octanol–water partition coefficient (Wildman–Crippen LogP) is 3.94. The van der Waals surface area contributed by atoms with Crippen LogP contribution in [0.25, 0.3) is 0 Å². The molecule has 0 heterocycles. The minimum Gasteiger partial charge on any atom is -0.348 e.